The van der Waals surface area contributed by atoms with Gasteiger partial charge in [0.2, 0.25) is 0 Å². The van der Waals surface area contributed by atoms with Gasteiger partial charge < -0.3 is 0 Å². The van der Waals surface area contributed by atoms with Crippen LogP contribution in [0, 0.1) is 42.4 Å². The normalized spacial score (nSPS) is 6.53. The summed E-state index contributed by atoms with van der Waals surface area (Å²) in [5.41, 5.74) is 1.21. The first-order valence-electron chi connectivity index (χ1n) is 3.99. The van der Waals surface area contributed by atoms with Crippen LogP contribution < -0.4 is 0 Å². The van der Waals surface area contributed by atoms with Crippen molar-refractivity contribution in [3.05, 3.63) is 34.9 Å². The lowest BCUT2D eigenvalue weighted by atomic mass is 10.2. The average molecular weight is 235 g/mol. The summed E-state index contributed by atoms with van der Waals surface area (Å²) in [6.45, 7) is 2.02. The molecule has 0 aliphatic heterocycles. The second-order valence-corrected chi connectivity index (χ2v) is 3.04. The fourth-order valence-corrected chi connectivity index (χ4v) is 0.989. The molecule has 0 atom stereocenters. The third-order valence-corrected chi connectivity index (χ3v) is 1.55. The first-order valence-corrected chi connectivity index (χ1v) is 4.74. The molecule has 2 heteroatoms. The van der Waals surface area contributed by atoms with Crippen LogP contribution in [0.1, 0.15) is 5.56 Å². The highest BCUT2D eigenvalue weighted by molar-refractivity contribution is 6.30. The maximum absolute atomic E-state index is 5.64. The molecule has 1 aromatic rings. The lowest BCUT2D eigenvalue weighted by molar-refractivity contribution is 1.47. The number of terminal acetylenes is 1. The van der Waals surface area contributed by atoms with Crippen LogP contribution in [0.5, 0.6) is 0 Å². The van der Waals surface area contributed by atoms with Crippen molar-refractivity contribution in [1.29, 1.82) is 0 Å². The highest BCUT2D eigenvalue weighted by atomic mass is 35.5. The van der Waals surface area contributed by atoms with Gasteiger partial charge in [-0.05, 0) is 48.1 Å². The van der Waals surface area contributed by atoms with Crippen LogP contribution in [0.2, 0.25) is 5.02 Å². The van der Waals surface area contributed by atoms with Gasteiger partial charge in [0, 0.05) is 22.2 Å². The third-order valence-electron chi connectivity index (χ3n) is 1.22. The van der Waals surface area contributed by atoms with Crippen LogP contribution >= 0.6 is 23.2 Å². The first-order chi connectivity index (χ1) is 7.20. The predicted octanol–water partition coefficient (Wildman–Crippen LogP) is 3.47. The van der Waals surface area contributed by atoms with Gasteiger partial charge in [0.1, 0.15) is 0 Å². The van der Waals surface area contributed by atoms with E-state index in [1.54, 1.807) is 0 Å². The van der Waals surface area contributed by atoms with Crippen molar-refractivity contribution in [2.24, 2.45) is 0 Å². The third kappa shape index (κ3) is 8.80. The molecule has 0 heterocycles. The van der Waals surface area contributed by atoms with Crippen molar-refractivity contribution in [1.82, 2.24) is 0 Å². The molecule has 15 heavy (non-hydrogen) atoms. The molecule has 1 rings (SSSR count). The first kappa shape index (κ1) is 13.5. The molecule has 0 N–H and O–H groups in total. The zero-order chi connectivity index (χ0) is 11.5. The van der Waals surface area contributed by atoms with Crippen molar-refractivity contribution in [3.8, 4) is 35.5 Å². The smallest absolute Gasteiger partial charge is 0.0408 e. The summed E-state index contributed by atoms with van der Waals surface area (Å²) < 4.78 is 0. The minimum atomic E-state index is 0.810. The van der Waals surface area contributed by atoms with E-state index in [9.17, 15) is 0 Å². The number of hydrogen-bond acceptors (Lipinski definition) is 0. The average Bonchev–Trinajstić information content (AvgIpc) is 2.19. The van der Waals surface area contributed by atoms with Crippen LogP contribution in [0.4, 0.5) is 0 Å². The zero-order valence-electron chi connectivity index (χ0n) is 8.14. The van der Waals surface area contributed by atoms with Gasteiger partial charge in [-0.2, -0.15) is 0 Å². The van der Waals surface area contributed by atoms with Crippen LogP contribution in [-0.2, 0) is 0 Å². The van der Waals surface area contributed by atoms with E-state index in [2.05, 4.69) is 29.1 Å². The van der Waals surface area contributed by atoms with Gasteiger partial charge in [-0.25, -0.2) is 0 Å². The van der Waals surface area contributed by atoms with Crippen molar-refractivity contribution in [3.63, 3.8) is 0 Å². The van der Waals surface area contributed by atoms with E-state index in [0.29, 0.717) is 0 Å². The molecule has 0 saturated carbocycles. The molecule has 0 fully saturated rings. The molecule has 0 amide bonds. The maximum Gasteiger partial charge on any atom is 0.0408 e. The summed E-state index contributed by atoms with van der Waals surface area (Å²) in [4.78, 5) is 0. The maximum atomic E-state index is 5.64. The minimum absolute atomic E-state index is 0.810. The van der Waals surface area contributed by atoms with Gasteiger partial charge in [-0.1, -0.05) is 23.7 Å². The fourth-order valence-electron chi connectivity index (χ4n) is 0.696. The fraction of sp³-hybridized carbons (Fsp3) is 0.0769. The molecule has 0 aliphatic carbocycles. The largest absolute Gasteiger partial charge is 0.106 e. The van der Waals surface area contributed by atoms with Gasteiger partial charge in [0.15, 0.2) is 0 Å². The van der Waals surface area contributed by atoms with E-state index in [4.69, 9.17) is 29.6 Å². The van der Waals surface area contributed by atoms with Gasteiger partial charge in [-0.3, -0.25) is 0 Å². The van der Waals surface area contributed by atoms with E-state index in [0.717, 1.165) is 5.02 Å². The molecule has 0 aliphatic rings. The van der Waals surface area contributed by atoms with Crippen molar-refractivity contribution in [2.45, 2.75) is 6.92 Å². The lowest BCUT2D eigenvalue weighted by Gasteiger charge is -1.88. The van der Waals surface area contributed by atoms with Crippen molar-refractivity contribution >= 4 is 23.2 Å². The van der Waals surface area contributed by atoms with Crippen LogP contribution in [0.15, 0.2) is 24.3 Å². The van der Waals surface area contributed by atoms with Crippen LogP contribution in [0.3, 0.4) is 0 Å². The number of aryl methyl sites for hydroxylation is 1. The van der Waals surface area contributed by atoms with E-state index in [1.807, 2.05) is 31.2 Å². The number of hydrogen-bond donors (Lipinski definition) is 0. The second kappa shape index (κ2) is 9.05. The molecule has 0 spiro atoms. The Kier molecular flexibility index (Phi) is 8.13. The molecule has 0 saturated heterocycles. The number of benzene rings is 1. The summed E-state index contributed by atoms with van der Waals surface area (Å²) in [6.07, 6.45) is 4.73. The number of rotatable bonds is 0. The Morgan fingerprint density at radius 2 is 1.93 bits per heavy atom. The lowest BCUT2D eigenvalue weighted by Crippen LogP contribution is -1.66. The Hall–Kier alpha value is -1.52. The Morgan fingerprint density at radius 3 is 2.33 bits per heavy atom. The Labute approximate surface area is 101 Å². The molecular weight excluding hydrogens is 227 g/mol. The molecular formula is C13H8Cl2. The highest BCUT2D eigenvalue weighted by Gasteiger charge is 1.82. The second-order valence-electron chi connectivity index (χ2n) is 2.41. The molecule has 0 nitrogen and oxygen atoms in total. The standard InChI is InChI=1S/C7H7Cl.C6HCl/c1-6-3-2-4-7(8)5-6;1-2-3-4-5-6-7/h2-5H,1H3;1H. The highest BCUT2D eigenvalue weighted by Crippen LogP contribution is 2.08. The van der Waals surface area contributed by atoms with E-state index in [1.165, 1.54) is 5.56 Å². The van der Waals surface area contributed by atoms with E-state index >= 15 is 0 Å². The Morgan fingerprint density at radius 1 is 1.20 bits per heavy atom. The Bertz CT molecular complexity index is 442. The van der Waals surface area contributed by atoms with Gasteiger partial charge in [0.05, 0.1) is 0 Å². The molecule has 0 radical (unpaired) electrons. The quantitative estimate of drug-likeness (QED) is 0.604. The van der Waals surface area contributed by atoms with E-state index < -0.39 is 0 Å². The molecule has 1 aromatic carbocycles. The topological polar surface area (TPSA) is 0 Å². The summed E-state index contributed by atoms with van der Waals surface area (Å²) in [5.74, 6) is 8.92. The summed E-state index contributed by atoms with van der Waals surface area (Å²) in [5, 5.41) is 2.87. The molecule has 0 bridgehead atoms. The summed E-state index contributed by atoms with van der Waals surface area (Å²) >= 11 is 10.6. The van der Waals surface area contributed by atoms with Crippen LogP contribution in [0.25, 0.3) is 0 Å². The van der Waals surface area contributed by atoms with Gasteiger partial charge in [-0.15, -0.1) is 6.42 Å². The zero-order valence-corrected chi connectivity index (χ0v) is 9.65. The van der Waals surface area contributed by atoms with Gasteiger partial charge >= 0.3 is 0 Å². The summed E-state index contributed by atoms with van der Waals surface area (Å²) in [6, 6.07) is 7.76. The van der Waals surface area contributed by atoms with E-state index in [-0.39, 0.29) is 0 Å². The van der Waals surface area contributed by atoms with Crippen molar-refractivity contribution < 1.29 is 0 Å². The monoisotopic (exact) mass is 234 g/mol. The SMILES string of the molecule is C#CC#CC#CCl.Cc1cccc(Cl)c1. The van der Waals surface area contributed by atoms with Crippen molar-refractivity contribution in [2.75, 3.05) is 0 Å². The van der Waals surface area contributed by atoms with Gasteiger partial charge in [0.25, 0.3) is 0 Å². The van der Waals surface area contributed by atoms with Crippen LogP contribution in [-0.4, -0.2) is 0 Å². The molecule has 0 aromatic heterocycles. The Balaban J connectivity index is 0.000000265. The molecule has 74 valence electrons. The minimum Gasteiger partial charge on any atom is -0.106 e. The molecule has 0 unspecified atom stereocenters. The summed E-state index contributed by atoms with van der Waals surface area (Å²) in [7, 11) is 0. The predicted molar refractivity (Wildman–Crippen MR) is 66.4 cm³/mol. The number of halogens is 2.